The van der Waals surface area contributed by atoms with Gasteiger partial charge < -0.3 is 20.3 Å². The van der Waals surface area contributed by atoms with Crippen molar-refractivity contribution in [2.75, 3.05) is 38.6 Å². The highest BCUT2D eigenvalue weighted by Crippen LogP contribution is 2.23. The van der Waals surface area contributed by atoms with E-state index in [4.69, 9.17) is 4.74 Å². The van der Waals surface area contributed by atoms with Crippen molar-refractivity contribution < 1.29 is 14.3 Å². The molecule has 0 saturated carbocycles. The fourth-order valence-corrected chi connectivity index (χ4v) is 2.89. The summed E-state index contributed by atoms with van der Waals surface area (Å²) in [7, 11) is 1.51. The predicted octanol–water partition coefficient (Wildman–Crippen LogP) is 3.29. The Kier molecular flexibility index (Phi) is 10.4. The number of nitrogens with one attached hydrogen (secondary N) is 2. The smallest absolute Gasteiger partial charge is 0.255 e. The number of hydrogen-bond donors (Lipinski definition) is 2. The summed E-state index contributed by atoms with van der Waals surface area (Å²) in [6, 6.07) is 5.03. The lowest BCUT2D eigenvalue weighted by Crippen LogP contribution is -2.28. The van der Waals surface area contributed by atoms with Crippen LogP contribution in [0, 0.1) is 0 Å². The predicted molar refractivity (Wildman–Crippen MR) is 106 cm³/mol. The van der Waals surface area contributed by atoms with E-state index in [1.165, 1.54) is 26.9 Å². The largest absolute Gasteiger partial charge is 0.496 e. The molecule has 1 aromatic carbocycles. The minimum absolute atomic E-state index is 0.157. The molecular weight excluding hydrogens is 330 g/mol. The Morgan fingerprint density at radius 2 is 1.77 bits per heavy atom. The molecule has 0 atom stereocenters. The Morgan fingerprint density at radius 1 is 1.08 bits per heavy atom. The van der Waals surface area contributed by atoms with Crippen molar-refractivity contribution in [2.24, 2.45) is 0 Å². The summed E-state index contributed by atoms with van der Waals surface area (Å²) in [4.78, 5) is 26.0. The van der Waals surface area contributed by atoms with Crippen LogP contribution in [-0.4, -0.2) is 50.0 Å². The number of unbranched alkanes of at least 4 members (excludes halogenated alkanes) is 1. The molecule has 0 aliphatic heterocycles. The van der Waals surface area contributed by atoms with Crippen molar-refractivity contribution in [1.82, 2.24) is 10.2 Å². The maximum Gasteiger partial charge on any atom is 0.255 e. The van der Waals surface area contributed by atoms with Crippen LogP contribution in [0.2, 0.25) is 0 Å². The van der Waals surface area contributed by atoms with Crippen LogP contribution >= 0.6 is 0 Å². The van der Waals surface area contributed by atoms with Gasteiger partial charge in [0, 0.05) is 25.2 Å². The van der Waals surface area contributed by atoms with E-state index in [0.29, 0.717) is 23.5 Å². The first-order chi connectivity index (χ1) is 12.5. The highest BCUT2D eigenvalue weighted by Gasteiger charge is 2.13. The molecular formula is C20H33N3O3. The third-order valence-corrected chi connectivity index (χ3v) is 4.03. The second-order valence-electron chi connectivity index (χ2n) is 6.40. The number of rotatable bonds is 12. The molecule has 0 unspecified atom stereocenters. The Balaban J connectivity index is 2.46. The zero-order valence-corrected chi connectivity index (χ0v) is 16.6. The second kappa shape index (κ2) is 12.3. The quantitative estimate of drug-likeness (QED) is 0.559. The topological polar surface area (TPSA) is 70.7 Å². The van der Waals surface area contributed by atoms with E-state index in [0.717, 1.165) is 32.5 Å². The Labute approximate surface area is 157 Å². The first kappa shape index (κ1) is 22.0. The van der Waals surface area contributed by atoms with Gasteiger partial charge in [-0.2, -0.15) is 0 Å². The molecule has 0 bridgehead atoms. The summed E-state index contributed by atoms with van der Waals surface area (Å²) in [5.74, 6) is 0.130. The molecule has 146 valence electrons. The molecule has 0 aromatic heterocycles. The lowest BCUT2D eigenvalue weighted by atomic mass is 10.1. The molecule has 0 aliphatic carbocycles. The van der Waals surface area contributed by atoms with Gasteiger partial charge in [0.2, 0.25) is 5.91 Å². The van der Waals surface area contributed by atoms with Gasteiger partial charge in [0.1, 0.15) is 5.75 Å². The van der Waals surface area contributed by atoms with Crippen LogP contribution in [0.1, 0.15) is 56.8 Å². The molecule has 6 heteroatoms. The molecule has 2 N–H and O–H groups in total. The van der Waals surface area contributed by atoms with Crippen LogP contribution in [0.25, 0.3) is 0 Å². The molecule has 0 heterocycles. The van der Waals surface area contributed by atoms with Crippen molar-refractivity contribution in [3.05, 3.63) is 23.8 Å². The monoisotopic (exact) mass is 363 g/mol. The number of anilines is 1. The summed E-state index contributed by atoms with van der Waals surface area (Å²) >= 11 is 0. The van der Waals surface area contributed by atoms with Crippen LogP contribution < -0.4 is 15.4 Å². The summed E-state index contributed by atoms with van der Waals surface area (Å²) in [5, 5.41) is 5.63. The van der Waals surface area contributed by atoms with Gasteiger partial charge >= 0.3 is 0 Å². The number of carbonyl (C=O) groups excluding carboxylic acids is 2. The minimum atomic E-state index is -0.163. The summed E-state index contributed by atoms with van der Waals surface area (Å²) < 4.78 is 5.28. The van der Waals surface area contributed by atoms with Crippen molar-refractivity contribution in [2.45, 2.75) is 46.5 Å². The lowest BCUT2D eigenvalue weighted by Gasteiger charge is -2.20. The first-order valence-corrected chi connectivity index (χ1v) is 9.48. The third-order valence-electron chi connectivity index (χ3n) is 4.03. The first-order valence-electron chi connectivity index (χ1n) is 9.48. The summed E-state index contributed by atoms with van der Waals surface area (Å²) in [5.41, 5.74) is 1.08. The Hall–Kier alpha value is -2.08. The van der Waals surface area contributed by atoms with Crippen molar-refractivity contribution in [1.29, 1.82) is 0 Å². The number of nitrogens with zero attached hydrogens (tertiary/aromatic N) is 1. The second-order valence-corrected chi connectivity index (χ2v) is 6.40. The molecule has 0 spiro atoms. The van der Waals surface area contributed by atoms with Crippen LogP contribution in [0.3, 0.4) is 0 Å². The maximum atomic E-state index is 12.4. The molecule has 0 saturated heterocycles. The zero-order chi connectivity index (χ0) is 19.4. The maximum absolute atomic E-state index is 12.4. The van der Waals surface area contributed by atoms with E-state index in [2.05, 4.69) is 29.4 Å². The molecule has 1 aromatic rings. The average molecular weight is 364 g/mol. The number of benzene rings is 1. The number of ether oxygens (including phenoxy) is 1. The molecule has 26 heavy (non-hydrogen) atoms. The van der Waals surface area contributed by atoms with E-state index in [1.807, 2.05) is 0 Å². The van der Waals surface area contributed by atoms with Gasteiger partial charge in [0.25, 0.3) is 5.91 Å². The lowest BCUT2D eigenvalue weighted by molar-refractivity contribution is -0.114. The van der Waals surface area contributed by atoms with Crippen molar-refractivity contribution in [3.63, 3.8) is 0 Å². The van der Waals surface area contributed by atoms with Crippen LogP contribution in [-0.2, 0) is 4.79 Å². The fourth-order valence-electron chi connectivity index (χ4n) is 2.89. The van der Waals surface area contributed by atoms with E-state index >= 15 is 0 Å². The molecule has 0 radical (unpaired) electrons. The number of methoxy groups -OCH3 is 1. The van der Waals surface area contributed by atoms with Gasteiger partial charge in [-0.15, -0.1) is 0 Å². The molecule has 1 rings (SSSR count). The van der Waals surface area contributed by atoms with E-state index in [-0.39, 0.29) is 11.8 Å². The average Bonchev–Trinajstić information content (AvgIpc) is 2.60. The molecule has 0 aliphatic rings. The zero-order valence-electron chi connectivity index (χ0n) is 16.6. The van der Waals surface area contributed by atoms with Gasteiger partial charge in [-0.25, -0.2) is 0 Å². The Bertz CT molecular complexity index is 569. The fraction of sp³-hybridized carbons (Fsp3) is 0.600. The van der Waals surface area contributed by atoms with Crippen molar-refractivity contribution >= 4 is 17.5 Å². The third kappa shape index (κ3) is 7.87. The van der Waals surface area contributed by atoms with Gasteiger partial charge in [-0.05, 0) is 57.5 Å². The number of hydrogen-bond acceptors (Lipinski definition) is 4. The molecule has 0 fully saturated rings. The number of amides is 2. The van der Waals surface area contributed by atoms with Gasteiger partial charge in [-0.3, -0.25) is 9.59 Å². The summed E-state index contributed by atoms with van der Waals surface area (Å²) in [6.07, 6.45) is 4.36. The highest BCUT2D eigenvalue weighted by atomic mass is 16.5. The van der Waals surface area contributed by atoms with E-state index < -0.39 is 0 Å². The van der Waals surface area contributed by atoms with Crippen LogP contribution in [0.5, 0.6) is 5.75 Å². The van der Waals surface area contributed by atoms with Gasteiger partial charge in [0.05, 0.1) is 12.7 Å². The van der Waals surface area contributed by atoms with Gasteiger partial charge in [-0.1, -0.05) is 13.8 Å². The van der Waals surface area contributed by atoms with Gasteiger partial charge in [0.15, 0.2) is 0 Å². The highest BCUT2D eigenvalue weighted by molar-refractivity contribution is 5.98. The Morgan fingerprint density at radius 3 is 2.35 bits per heavy atom. The van der Waals surface area contributed by atoms with Crippen LogP contribution in [0.4, 0.5) is 5.69 Å². The van der Waals surface area contributed by atoms with E-state index in [9.17, 15) is 9.59 Å². The number of carbonyl (C=O) groups is 2. The standard InChI is InChI=1S/C20H33N3O3/c1-5-12-23(13-6-2)14-8-7-11-21-20(25)18-10-9-17(22-16(3)24)15-19(18)26-4/h9-10,15H,5-8,11-14H2,1-4H3,(H,21,25)(H,22,24). The molecule has 6 nitrogen and oxygen atoms in total. The van der Waals surface area contributed by atoms with Crippen molar-refractivity contribution in [3.8, 4) is 5.75 Å². The minimum Gasteiger partial charge on any atom is -0.496 e. The van der Waals surface area contributed by atoms with Crippen LogP contribution in [0.15, 0.2) is 18.2 Å². The normalized spacial score (nSPS) is 10.7. The molecule has 2 amide bonds. The summed E-state index contributed by atoms with van der Waals surface area (Å²) in [6.45, 7) is 9.83. The SMILES string of the molecule is CCCN(CCC)CCCCNC(=O)c1ccc(NC(C)=O)cc1OC. The van der Waals surface area contributed by atoms with E-state index in [1.54, 1.807) is 18.2 Å².